The van der Waals surface area contributed by atoms with Crippen molar-refractivity contribution in [1.82, 2.24) is 5.32 Å². The van der Waals surface area contributed by atoms with Crippen molar-refractivity contribution in [2.45, 2.75) is 19.8 Å². The first-order chi connectivity index (χ1) is 6.16. The Morgan fingerprint density at radius 2 is 2.15 bits per heavy atom. The monoisotopic (exact) mass is 175 g/mol. The molecule has 1 aromatic carbocycles. The number of carbonyl (C=O) groups excluding carboxylic acids is 1. The molecule has 13 heavy (non-hydrogen) atoms. The largest absolute Gasteiger partial charge is 0.346 e. The normalized spacial score (nSPS) is 13.9. The maximum Gasteiger partial charge on any atom is 0.346 e. The summed E-state index contributed by atoms with van der Waals surface area (Å²) in [5, 5.41) is 6.50. The van der Waals surface area contributed by atoms with Crippen molar-refractivity contribution < 1.29 is 4.79 Å². The van der Waals surface area contributed by atoms with Crippen LogP contribution in [0.1, 0.15) is 25.3 Å². The third kappa shape index (κ3) is 1.37. The summed E-state index contributed by atoms with van der Waals surface area (Å²) in [7, 11) is 0. The summed E-state index contributed by atoms with van der Waals surface area (Å²) in [4.78, 5) is 10.9. The minimum absolute atomic E-state index is 0.268. The van der Waals surface area contributed by atoms with Crippen molar-refractivity contribution in [2.75, 3.05) is 5.32 Å². The van der Waals surface area contributed by atoms with Crippen LogP contribution < -0.4 is 10.6 Å². The molecule has 2 amide bonds. The molecule has 67 valence electrons. The van der Waals surface area contributed by atoms with Crippen LogP contribution in [0.15, 0.2) is 18.2 Å². The van der Waals surface area contributed by atoms with Gasteiger partial charge in [0.15, 0.2) is 0 Å². The molecule has 1 aliphatic rings. The molecule has 1 N–H and O–H groups in total. The SMILES string of the molecule is CC(C)c1ccc2c(c1)[N]C(=O)N2. The average Bonchev–Trinajstić information content (AvgIpc) is 2.42. The number of carbonyl (C=O) groups is 1. The first kappa shape index (κ1) is 8.10. The van der Waals surface area contributed by atoms with E-state index in [1.165, 1.54) is 5.56 Å². The van der Waals surface area contributed by atoms with Gasteiger partial charge < -0.3 is 5.32 Å². The van der Waals surface area contributed by atoms with Gasteiger partial charge in [-0.15, -0.1) is 0 Å². The van der Waals surface area contributed by atoms with Gasteiger partial charge in [0.2, 0.25) is 0 Å². The topological polar surface area (TPSA) is 43.2 Å². The minimum atomic E-state index is -0.268. The molecule has 0 fully saturated rings. The van der Waals surface area contributed by atoms with Gasteiger partial charge in [-0.2, -0.15) is 5.32 Å². The van der Waals surface area contributed by atoms with Gasteiger partial charge in [-0.1, -0.05) is 19.9 Å². The minimum Gasteiger partial charge on any atom is -0.304 e. The molecular formula is C10H11N2O. The molecule has 0 saturated carbocycles. The summed E-state index contributed by atoms with van der Waals surface area (Å²) in [5.74, 6) is 0.469. The second kappa shape index (κ2) is 2.76. The molecule has 2 rings (SSSR count). The van der Waals surface area contributed by atoms with E-state index in [9.17, 15) is 4.79 Å². The molecule has 0 spiro atoms. The molecule has 0 aliphatic carbocycles. The van der Waals surface area contributed by atoms with Gasteiger partial charge in [-0.3, -0.25) is 0 Å². The summed E-state index contributed by atoms with van der Waals surface area (Å²) < 4.78 is 0. The molecule has 0 unspecified atom stereocenters. The number of amides is 2. The molecule has 1 aliphatic heterocycles. The zero-order chi connectivity index (χ0) is 9.42. The smallest absolute Gasteiger partial charge is 0.304 e. The summed E-state index contributed by atoms with van der Waals surface area (Å²) >= 11 is 0. The van der Waals surface area contributed by atoms with Crippen molar-refractivity contribution >= 4 is 17.4 Å². The van der Waals surface area contributed by atoms with E-state index in [0.717, 1.165) is 11.4 Å². The van der Waals surface area contributed by atoms with Crippen LogP contribution in [0.3, 0.4) is 0 Å². The van der Waals surface area contributed by atoms with Crippen LogP contribution >= 0.6 is 0 Å². The number of anilines is 1. The molecule has 3 nitrogen and oxygen atoms in total. The fourth-order valence-electron chi connectivity index (χ4n) is 1.36. The first-order valence-electron chi connectivity index (χ1n) is 4.33. The van der Waals surface area contributed by atoms with E-state index in [0.29, 0.717) is 5.92 Å². The van der Waals surface area contributed by atoms with Crippen LogP contribution in [-0.4, -0.2) is 6.03 Å². The predicted molar refractivity (Wildman–Crippen MR) is 51.3 cm³/mol. The number of hydrogen-bond donors (Lipinski definition) is 1. The van der Waals surface area contributed by atoms with Gasteiger partial charge >= 0.3 is 6.03 Å². The maximum atomic E-state index is 10.9. The second-order valence-corrected chi connectivity index (χ2v) is 3.47. The van der Waals surface area contributed by atoms with Crippen molar-refractivity contribution in [3.05, 3.63) is 23.8 Å². The van der Waals surface area contributed by atoms with E-state index in [-0.39, 0.29) is 6.03 Å². The highest BCUT2D eigenvalue weighted by atomic mass is 16.2. The van der Waals surface area contributed by atoms with Gasteiger partial charge in [-0.05, 0) is 23.6 Å². The Morgan fingerprint density at radius 3 is 2.85 bits per heavy atom. The van der Waals surface area contributed by atoms with E-state index in [4.69, 9.17) is 0 Å². The third-order valence-corrected chi connectivity index (χ3v) is 2.15. The number of hydrogen-bond acceptors (Lipinski definition) is 1. The lowest BCUT2D eigenvalue weighted by atomic mass is 10.0. The lowest BCUT2D eigenvalue weighted by molar-refractivity contribution is 0.256. The fourth-order valence-corrected chi connectivity index (χ4v) is 1.36. The third-order valence-electron chi connectivity index (χ3n) is 2.15. The van der Waals surface area contributed by atoms with Crippen molar-refractivity contribution in [3.8, 4) is 0 Å². The Labute approximate surface area is 77.1 Å². The van der Waals surface area contributed by atoms with Crippen LogP contribution in [0.4, 0.5) is 16.2 Å². The highest BCUT2D eigenvalue weighted by Crippen LogP contribution is 2.30. The number of nitrogens with one attached hydrogen (secondary N) is 1. The van der Waals surface area contributed by atoms with Crippen molar-refractivity contribution in [2.24, 2.45) is 0 Å². The van der Waals surface area contributed by atoms with Crippen molar-refractivity contribution in [1.29, 1.82) is 0 Å². The Morgan fingerprint density at radius 1 is 1.38 bits per heavy atom. The molecule has 0 saturated heterocycles. The molecule has 0 atom stereocenters. The molecule has 1 aromatic rings. The standard InChI is InChI=1S/C10H11N2O/c1-6(2)7-3-4-8-9(5-7)12-10(13)11-8/h3-6H,1-2H3,(H,11,13). The summed E-state index contributed by atoms with van der Waals surface area (Å²) in [5.41, 5.74) is 2.78. The van der Waals surface area contributed by atoms with Gasteiger partial charge in [-0.25, -0.2) is 4.79 Å². The van der Waals surface area contributed by atoms with Gasteiger partial charge in [0, 0.05) is 0 Å². The van der Waals surface area contributed by atoms with Crippen LogP contribution in [0.2, 0.25) is 0 Å². The summed E-state index contributed by atoms with van der Waals surface area (Å²) in [6.45, 7) is 4.23. The van der Waals surface area contributed by atoms with Gasteiger partial charge in [0.05, 0.1) is 11.4 Å². The molecule has 0 aromatic heterocycles. The predicted octanol–water partition coefficient (Wildman–Crippen LogP) is 2.59. The Bertz CT molecular complexity index is 358. The molecule has 0 bridgehead atoms. The highest BCUT2D eigenvalue weighted by Gasteiger charge is 2.18. The highest BCUT2D eigenvalue weighted by molar-refractivity contribution is 6.02. The zero-order valence-electron chi connectivity index (χ0n) is 7.66. The molecule has 3 heteroatoms. The van der Waals surface area contributed by atoms with Crippen LogP contribution in [-0.2, 0) is 0 Å². The molecule has 1 radical (unpaired) electrons. The summed E-state index contributed by atoms with van der Waals surface area (Å²) in [6, 6.07) is 5.61. The lowest BCUT2D eigenvalue weighted by Crippen LogP contribution is -2.08. The van der Waals surface area contributed by atoms with Gasteiger partial charge in [0.25, 0.3) is 0 Å². The molecular weight excluding hydrogens is 164 g/mol. The van der Waals surface area contributed by atoms with Crippen LogP contribution in [0, 0.1) is 0 Å². The Hall–Kier alpha value is -1.51. The Kier molecular flexibility index (Phi) is 1.72. The van der Waals surface area contributed by atoms with Crippen LogP contribution in [0.5, 0.6) is 0 Å². The second-order valence-electron chi connectivity index (χ2n) is 3.47. The summed E-state index contributed by atoms with van der Waals surface area (Å²) in [6.07, 6.45) is 0. The maximum absolute atomic E-state index is 10.9. The van der Waals surface area contributed by atoms with E-state index < -0.39 is 0 Å². The van der Waals surface area contributed by atoms with E-state index in [2.05, 4.69) is 24.5 Å². The number of rotatable bonds is 1. The lowest BCUT2D eigenvalue weighted by Gasteiger charge is -2.05. The van der Waals surface area contributed by atoms with Crippen LogP contribution in [0.25, 0.3) is 0 Å². The average molecular weight is 175 g/mol. The Balaban J connectivity index is 2.40. The number of nitrogens with zero attached hydrogens (tertiary/aromatic N) is 1. The number of fused-ring (bicyclic) bond motifs is 1. The molecule has 1 heterocycles. The number of urea groups is 1. The first-order valence-corrected chi connectivity index (χ1v) is 4.33. The van der Waals surface area contributed by atoms with E-state index in [1.807, 2.05) is 18.2 Å². The van der Waals surface area contributed by atoms with E-state index >= 15 is 0 Å². The van der Waals surface area contributed by atoms with Gasteiger partial charge in [0.1, 0.15) is 0 Å². The quantitative estimate of drug-likeness (QED) is 0.700. The van der Waals surface area contributed by atoms with Crippen molar-refractivity contribution in [3.63, 3.8) is 0 Å². The fraction of sp³-hybridized carbons (Fsp3) is 0.300. The number of benzene rings is 1. The van der Waals surface area contributed by atoms with E-state index in [1.54, 1.807) is 0 Å². The zero-order valence-corrected chi connectivity index (χ0v) is 7.66.